The van der Waals surface area contributed by atoms with Gasteiger partial charge in [0.15, 0.2) is 29.1 Å². The molecule has 0 unspecified atom stereocenters. The van der Waals surface area contributed by atoms with Crippen LogP contribution in [0.2, 0.25) is 5.02 Å². The Bertz CT molecular complexity index is 1730. The Balaban J connectivity index is 1.45. The summed E-state index contributed by atoms with van der Waals surface area (Å²) in [5, 5.41) is -0.359. The van der Waals surface area contributed by atoms with Gasteiger partial charge in [-0.05, 0) is 71.0 Å². The number of hydrogen-bond donors (Lipinski definition) is 0. The molecule has 5 rings (SSSR count). The molecule has 0 saturated carbocycles. The fourth-order valence-corrected chi connectivity index (χ4v) is 4.95. The monoisotopic (exact) mass is 588 g/mol. The minimum atomic E-state index is -3.60. The van der Waals surface area contributed by atoms with Gasteiger partial charge in [-0.15, -0.1) is 0 Å². The number of halogens is 8. The zero-order chi connectivity index (χ0) is 29.5. The molecule has 0 N–H and O–H groups in total. The lowest BCUT2D eigenvalue weighted by Gasteiger charge is -2.19. The van der Waals surface area contributed by atoms with Crippen LogP contribution in [0.25, 0.3) is 33.0 Å². The van der Waals surface area contributed by atoms with E-state index in [1.807, 2.05) is 6.92 Å². The second-order valence-electron chi connectivity index (χ2n) is 9.42. The summed E-state index contributed by atoms with van der Waals surface area (Å²) in [7, 11) is 0. The van der Waals surface area contributed by atoms with E-state index in [4.69, 9.17) is 16.3 Å². The van der Waals surface area contributed by atoms with Crippen LogP contribution in [0.15, 0.2) is 78.9 Å². The van der Waals surface area contributed by atoms with E-state index in [1.54, 1.807) is 12.1 Å². The molecule has 0 heterocycles. The molecule has 0 aliphatic heterocycles. The molecule has 0 bridgehead atoms. The Labute approximate surface area is 235 Å². The number of aryl methyl sites for hydroxylation is 1. The summed E-state index contributed by atoms with van der Waals surface area (Å²) in [5.74, 6) is -7.78. The van der Waals surface area contributed by atoms with Crippen LogP contribution in [0.1, 0.15) is 24.5 Å². The van der Waals surface area contributed by atoms with E-state index in [0.29, 0.717) is 17.7 Å². The Kier molecular flexibility index (Phi) is 7.70. The van der Waals surface area contributed by atoms with Gasteiger partial charge in [0.25, 0.3) is 0 Å². The SMILES string of the molecule is CCCc1ccc(C(F)(F)Oc2ccc(-c3ccc4cc(-c5cc(F)c(F)c(F)c5)c(F)c(F)c4c3Cl)cc2)cc1. The van der Waals surface area contributed by atoms with E-state index in [1.165, 1.54) is 48.5 Å². The third kappa shape index (κ3) is 5.48. The topological polar surface area (TPSA) is 9.23 Å². The van der Waals surface area contributed by atoms with E-state index in [2.05, 4.69) is 0 Å². The van der Waals surface area contributed by atoms with Crippen molar-refractivity contribution in [3.05, 3.63) is 124 Å². The predicted molar refractivity (Wildman–Crippen MR) is 145 cm³/mol. The first-order valence-electron chi connectivity index (χ1n) is 12.5. The van der Waals surface area contributed by atoms with Crippen LogP contribution in [0, 0.1) is 29.1 Å². The van der Waals surface area contributed by atoms with Gasteiger partial charge in [-0.2, -0.15) is 8.78 Å². The van der Waals surface area contributed by atoms with Crippen molar-refractivity contribution in [3.8, 4) is 28.0 Å². The molecule has 0 radical (unpaired) electrons. The lowest BCUT2D eigenvalue weighted by molar-refractivity contribution is -0.185. The van der Waals surface area contributed by atoms with Crippen molar-refractivity contribution >= 4 is 22.4 Å². The third-order valence-electron chi connectivity index (χ3n) is 6.66. The van der Waals surface area contributed by atoms with Gasteiger partial charge < -0.3 is 4.74 Å². The molecule has 1 nitrogen and oxygen atoms in total. The molecular formula is C32H20ClF7O. The predicted octanol–water partition coefficient (Wildman–Crippen LogP) is 10.6. The lowest BCUT2D eigenvalue weighted by Crippen LogP contribution is -2.21. The molecule has 210 valence electrons. The summed E-state index contributed by atoms with van der Waals surface area (Å²) < 4.78 is 106. The zero-order valence-corrected chi connectivity index (χ0v) is 22.1. The van der Waals surface area contributed by atoms with Crippen molar-refractivity contribution in [1.29, 1.82) is 0 Å². The van der Waals surface area contributed by atoms with Gasteiger partial charge in [0.2, 0.25) is 0 Å². The minimum absolute atomic E-state index is 0.113. The molecule has 0 aliphatic rings. The summed E-state index contributed by atoms with van der Waals surface area (Å²) in [4.78, 5) is 0. The van der Waals surface area contributed by atoms with Crippen LogP contribution in [0.3, 0.4) is 0 Å². The zero-order valence-electron chi connectivity index (χ0n) is 21.4. The van der Waals surface area contributed by atoms with Crippen LogP contribution in [-0.2, 0) is 12.5 Å². The van der Waals surface area contributed by atoms with Gasteiger partial charge >= 0.3 is 6.11 Å². The molecule has 41 heavy (non-hydrogen) atoms. The van der Waals surface area contributed by atoms with Crippen LogP contribution in [-0.4, -0.2) is 0 Å². The molecule has 5 aromatic rings. The number of alkyl halides is 2. The fraction of sp³-hybridized carbons (Fsp3) is 0.125. The molecule has 0 spiro atoms. The van der Waals surface area contributed by atoms with Crippen LogP contribution < -0.4 is 4.74 Å². The molecular weight excluding hydrogens is 569 g/mol. The summed E-state index contributed by atoms with van der Waals surface area (Å²) >= 11 is 6.46. The highest BCUT2D eigenvalue weighted by molar-refractivity contribution is 6.38. The van der Waals surface area contributed by atoms with Gasteiger partial charge in [-0.3, -0.25) is 0 Å². The lowest BCUT2D eigenvalue weighted by atomic mass is 9.96. The first-order chi connectivity index (χ1) is 19.5. The molecule has 0 aliphatic carbocycles. The molecule has 9 heteroatoms. The van der Waals surface area contributed by atoms with Gasteiger partial charge in [0.05, 0.1) is 10.6 Å². The number of benzene rings is 5. The quantitative estimate of drug-likeness (QED) is 0.136. The van der Waals surface area contributed by atoms with Crippen LogP contribution in [0.4, 0.5) is 30.7 Å². The largest absolute Gasteiger partial charge is 0.429 e. The molecule has 0 saturated heterocycles. The highest BCUT2D eigenvalue weighted by Gasteiger charge is 2.34. The molecule has 0 amide bonds. The maximum absolute atomic E-state index is 15.2. The summed E-state index contributed by atoms with van der Waals surface area (Å²) in [5.41, 5.74) is 0.427. The average Bonchev–Trinajstić information content (AvgIpc) is 2.94. The number of fused-ring (bicyclic) bond motifs is 1. The van der Waals surface area contributed by atoms with Crippen molar-refractivity contribution in [1.82, 2.24) is 0 Å². The smallest absolute Gasteiger partial charge is 0.426 e. The van der Waals surface area contributed by atoms with Crippen LogP contribution >= 0.6 is 11.6 Å². The molecule has 0 aromatic heterocycles. The summed E-state index contributed by atoms with van der Waals surface area (Å²) in [6, 6.07) is 16.5. The molecule has 5 aromatic carbocycles. The van der Waals surface area contributed by atoms with Crippen molar-refractivity contribution in [2.45, 2.75) is 25.9 Å². The summed E-state index contributed by atoms with van der Waals surface area (Å²) in [6.45, 7) is 1.99. The maximum atomic E-state index is 15.2. The highest BCUT2D eigenvalue weighted by Crippen LogP contribution is 2.40. The van der Waals surface area contributed by atoms with E-state index in [-0.39, 0.29) is 32.7 Å². The maximum Gasteiger partial charge on any atom is 0.426 e. The van der Waals surface area contributed by atoms with E-state index < -0.39 is 46.3 Å². The Hall–Kier alpha value is -4.04. The minimum Gasteiger partial charge on any atom is -0.429 e. The van der Waals surface area contributed by atoms with Gasteiger partial charge in [-0.25, -0.2) is 22.0 Å². The second-order valence-corrected chi connectivity index (χ2v) is 9.80. The van der Waals surface area contributed by atoms with Gasteiger partial charge in [0.1, 0.15) is 5.75 Å². The van der Waals surface area contributed by atoms with Crippen molar-refractivity contribution in [2.75, 3.05) is 0 Å². The first kappa shape index (κ1) is 28.5. The van der Waals surface area contributed by atoms with Crippen molar-refractivity contribution in [3.63, 3.8) is 0 Å². The number of ether oxygens (including phenoxy) is 1. The molecule has 0 fully saturated rings. The standard InChI is InChI=1S/C32H20ClF7O/c1-2-3-17-4-9-21(10-5-17)32(39,40)41-22-11-6-18(7-12-22)23-13-8-19-14-24(29(36)31(38)27(19)28(23)33)20-15-25(34)30(37)26(35)16-20/h4-16H,2-3H2,1H3. The van der Waals surface area contributed by atoms with E-state index in [0.717, 1.165) is 24.5 Å². The normalized spacial score (nSPS) is 11.7. The van der Waals surface area contributed by atoms with Gasteiger partial charge in [-0.1, -0.05) is 61.3 Å². The number of rotatable bonds is 7. The average molecular weight is 589 g/mol. The Morgan fingerprint density at radius 2 is 1.32 bits per heavy atom. The second kappa shape index (κ2) is 11.1. The fourth-order valence-electron chi connectivity index (χ4n) is 4.59. The third-order valence-corrected chi connectivity index (χ3v) is 7.05. The van der Waals surface area contributed by atoms with Crippen LogP contribution in [0.5, 0.6) is 5.75 Å². The van der Waals surface area contributed by atoms with Crippen molar-refractivity contribution in [2.24, 2.45) is 0 Å². The first-order valence-corrected chi connectivity index (χ1v) is 12.9. The summed E-state index contributed by atoms with van der Waals surface area (Å²) in [6.07, 6.45) is -1.93. The van der Waals surface area contributed by atoms with E-state index >= 15 is 8.78 Å². The highest BCUT2D eigenvalue weighted by atomic mass is 35.5. The Morgan fingerprint density at radius 1 is 0.683 bits per heavy atom. The van der Waals surface area contributed by atoms with Crippen molar-refractivity contribution < 1.29 is 35.5 Å². The molecule has 0 atom stereocenters. The number of hydrogen-bond acceptors (Lipinski definition) is 1. The van der Waals surface area contributed by atoms with E-state index in [9.17, 15) is 22.0 Å². The Morgan fingerprint density at radius 3 is 1.93 bits per heavy atom. The van der Waals surface area contributed by atoms with Gasteiger partial charge in [0, 0.05) is 16.5 Å².